The summed E-state index contributed by atoms with van der Waals surface area (Å²) in [6.07, 6.45) is -13.7. The van der Waals surface area contributed by atoms with Gasteiger partial charge in [-0.25, -0.2) is 0 Å². The maximum Gasteiger partial charge on any atom is 0.462 e. The number of nitrogens with one attached hydrogen (secondary N) is 1. The number of nitrogens with zero attached hydrogens (tertiary/aromatic N) is 1. The molecule has 0 fully saturated rings. The average molecular weight is 344 g/mol. The highest BCUT2D eigenvalue weighted by molar-refractivity contribution is 7.64. The van der Waals surface area contributed by atoms with E-state index in [1.165, 1.54) is 5.43 Å². The Morgan fingerprint density at radius 1 is 0.800 bits per heavy atom. The van der Waals surface area contributed by atoms with Gasteiger partial charge in [0.05, 0.1) is 0 Å². The molecule has 0 aromatic rings. The lowest BCUT2D eigenvalue weighted by atomic mass is 10.7. The normalized spacial score (nSPS) is 15.8. The van der Waals surface area contributed by atoms with Gasteiger partial charge in [-0.2, -0.15) is 48.7 Å². The first-order valence-corrected chi connectivity index (χ1v) is 6.05. The van der Waals surface area contributed by atoms with Crippen LogP contribution in [0.5, 0.6) is 0 Å². The third kappa shape index (κ3) is 2.50. The molecule has 14 heteroatoms. The van der Waals surface area contributed by atoms with E-state index in [4.69, 9.17) is 0 Å². The second kappa shape index (κ2) is 5.02. The molecule has 0 radical (unpaired) electrons. The van der Waals surface area contributed by atoms with Crippen LogP contribution in [0, 0.1) is 0 Å². The molecule has 0 heterocycles. The van der Waals surface area contributed by atoms with E-state index in [1.54, 1.807) is 0 Å². The van der Waals surface area contributed by atoms with Crippen molar-refractivity contribution in [2.75, 3.05) is 14.1 Å². The molecule has 0 rings (SSSR count). The van der Waals surface area contributed by atoms with Gasteiger partial charge in [-0.05, 0) is 7.05 Å². The molecule has 0 amide bonds. The Morgan fingerprint density at radius 2 is 1.05 bits per heavy atom. The van der Waals surface area contributed by atoms with Gasteiger partial charge in [-0.1, -0.05) is 0 Å². The Balaban J connectivity index is 6.41. The molecule has 0 aliphatic carbocycles. The molecule has 20 heavy (non-hydrogen) atoms. The van der Waals surface area contributed by atoms with Crippen molar-refractivity contribution in [1.29, 1.82) is 0 Å². The summed E-state index contributed by atoms with van der Waals surface area (Å²) in [6.45, 7) is 0. The molecule has 0 bridgehead atoms. The predicted molar refractivity (Wildman–Crippen MR) is 46.4 cm³/mol. The van der Waals surface area contributed by atoms with Gasteiger partial charge in [-0.15, -0.1) is 0 Å². The van der Waals surface area contributed by atoms with E-state index in [0.717, 1.165) is 0 Å². The molecule has 1 N–H and O–H groups in total. The van der Waals surface area contributed by atoms with Gasteiger partial charge >= 0.3 is 31.0 Å². The van der Waals surface area contributed by atoms with Gasteiger partial charge in [0.25, 0.3) is 0 Å². The smallest absolute Gasteiger partial charge is 0.292 e. The molecule has 0 aromatic heterocycles. The Hall–Kier alpha value is -0.550. The zero-order valence-electron chi connectivity index (χ0n) is 9.58. The van der Waals surface area contributed by atoms with Crippen LogP contribution in [-0.4, -0.2) is 42.6 Å². The average Bonchev–Trinajstić information content (AvgIpc) is 2.23. The van der Waals surface area contributed by atoms with Crippen molar-refractivity contribution in [3.63, 3.8) is 0 Å². The van der Waals surface area contributed by atoms with E-state index in [2.05, 4.69) is 0 Å². The maximum atomic E-state index is 13.0. The predicted octanol–water partition coefficient (Wildman–Crippen LogP) is 3.64. The topological polar surface area (TPSA) is 32.3 Å². The number of rotatable bonds is 4. The number of alkyl halides is 10. The van der Waals surface area contributed by atoms with Crippen molar-refractivity contribution in [2.24, 2.45) is 0 Å². The van der Waals surface area contributed by atoms with Gasteiger partial charge in [0.1, 0.15) is 0 Å². The fourth-order valence-corrected chi connectivity index (χ4v) is 3.11. The third-order valence-electron chi connectivity index (χ3n) is 2.19. The van der Waals surface area contributed by atoms with Crippen LogP contribution in [0.3, 0.4) is 0 Å². The number of halogens is 10. The first-order valence-electron chi connectivity index (χ1n) is 4.39. The number of hydrazine groups is 1. The molecule has 0 aromatic carbocycles. The van der Waals surface area contributed by atoms with Crippen molar-refractivity contribution in [1.82, 2.24) is 10.2 Å². The maximum absolute atomic E-state index is 13.0. The summed E-state index contributed by atoms with van der Waals surface area (Å²) < 4.78 is 135. The molecule has 122 valence electrons. The molecular weight excluding hydrogens is 337 g/mol. The fraction of sp³-hybridized carbons (Fsp3) is 1.00. The van der Waals surface area contributed by atoms with E-state index < -0.39 is 35.8 Å². The Kier molecular flexibility index (Phi) is 4.88. The van der Waals surface area contributed by atoms with E-state index in [9.17, 15) is 48.5 Å². The highest BCUT2D eigenvalue weighted by Crippen LogP contribution is 2.77. The first-order chi connectivity index (χ1) is 8.48. The van der Waals surface area contributed by atoms with E-state index in [-0.39, 0.29) is 7.05 Å². The summed E-state index contributed by atoms with van der Waals surface area (Å²) in [5.74, 6) is 0. The number of hydrogen-bond acceptors (Lipinski definition) is 2. The summed E-state index contributed by atoms with van der Waals surface area (Å²) in [5, 5.41) is 0. The lowest BCUT2D eigenvalue weighted by Gasteiger charge is -2.39. The van der Waals surface area contributed by atoms with E-state index in [1.807, 2.05) is 0 Å². The minimum atomic E-state index is -7.65. The van der Waals surface area contributed by atoms with Crippen molar-refractivity contribution in [3.8, 4) is 0 Å². The molecular formula is C6H7F10N2OP. The molecule has 0 aliphatic rings. The summed E-state index contributed by atoms with van der Waals surface area (Å²) in [7, 11) is -7.25. The molecule has 0 atom stereocenters. The molecule has 0 spiro atoms. The van der Waals surface area contributed by atoms with Crippen LogP contribution in [-0.2, 0) is 4.57 Å². The summed E-state index contributed by atoms with van der Waals surface area (Å²) >= 11 is 0. The van der Waals surface area contributed by atoms with Crippen LogP contribution < -0.4 is 5.43 Å². The standard InChI is InChI=1S/C6H7F10N2OP/c1-17-18(2)20(19,5(13,14)3(7,8)9)6(15,16)4(10,11)12/h17H,1-2H3. The largest absolute Gasteiger partial charge is 0.462 e. The molecule has 0 saturated carbocycles. The zero-order valence-corrected chi connectivity index (χ0v) is 10.5. The van der Waals surface area contributed by atoms with Crippen molar-refractivity contribution in [2.45, 2.75) is 23.7 Å². The van der Waals surface area contributed by atoms with E-state index in [0.29, 0.717) is 7.05 Å². The summed E-state index contributed by atoms with van der Waals surface area (Å²) in [4.78, 5) is 0. The van der Waals surface area contributed by atoms with Crippen LogP contribution in [0.1, 0.15) is 0 Å². The second-order valence-electron chi connectivity index (χ2n) is 3.40. The van der Waals surface area contributed by atoms with Gasteiger partial charge in [-0.3, -0.25) is 9.99 Å². The lowest BCUT2D eigenvalue weighted by molar-refractivity contribution is -0.269. The van der Waals surface area contributed by atoms with Gasteiger partial charge in [0.2, 0.25) is 0 Å². The van der Waals surface area contributed by atoms with E-state index >= 15 is 0 Å². The Bertz CT molecular complexity index is 372. The van der Waals surface area contributed by atoms with Crippen molar-refractivity contribution in [3.05, 3.63) is 0 Å². The fourth-order valence-electron chi connectivity index (χ4n) is 1.04. The highest BCUT2D eigenvalue weighted by atomic mass is 31.2. The van der Waals surface area contributed by atoms with Gasteiger partial charge in [0, 0.05) is 7.05 Å². The SMILES string of the molecule is CNN(C)P(=O)(C(F)(F)C(F)(F)F)C(F)(F)C(F)(F)F. The molecule has 0 unspecified atom stereocenters. The van der Waals surface area contributed by atoms with Crippen LogP contribution in [0.15, 0.2) is 0 Å². The summed E-state index contributed by atoms with van der Waals surface area (Å²) in [5.41, 5.74) is -12.4. The van der Waals surface area contributed by atoms with Crippen molar-refractivity contribution < 1.29 is 48.5 Å². The molecule has 0 aliphatic heterocycles. The second-order valence-corrected chi connectivity index (χ2v) is 6.28. The minimum Gasteiger partial charge on any atom is -0.292 e. The summed E-state index contributed by atoms with van der Waals surface area (Å²) in [6, 6.07) is 0. The van der Waals surface area contributed by atoms with Crippen molar-refractivity contribution >= 4 is 7.29 Å². The number of hydrogen-bond donors (Lipinski definition) is 1. The quantitative estimate of drug-likeness (QED) is 0.480. The Labute approximate surface area is 105 Å². The molecule has 3 nitrogen and oxygen atoms in total. The van der Waals surface area contributed by atoms with Crippen LogP contribution in [0.2, 0.25) is 0 Å². The van der Waals surface area contributed by atoms with Crippen LogP contribution >= 0.6 is 7.29 Å². The zero-order chi connectivity index (χ0) is 16.8. The van der Waals surface area contributed by atoms with Gasteiger partial charge < -0.3 is 0 Å². The van der Waals surface area contributed by atoms with Crippen LogP contribution in [0.25, 0.3) is 0 Å². The highest BCUT2D eigenvalue weighted by Gasteiger charge is 2.85. The van der Waals surface area contributed by atoms with Gasteiger partial charge in [0.15, 0.2) is 0 Å². The monoisotopic (exact) mass is 344 g/mol. The minimum absolute atomic E-state index is 0.0416. The molecule has 0 saturated heterocycles. The lowest BCUT2D eigenvalue weighted by Crippen LogP contribution is -2.53. The third-order valence-corrected chi connectivity index (χ3v) is 5.26. The van der Waals surface area contributed by atoms with Crippen LogP contribution in [0.4, 0.5) is 43.9 Å². The Morgan fingerprint density at radius 3 is 1.20 bits per heavy atom. The first kappa shape index (κ1) is 19.4.